The van der Waals surface area contributed by atoms with E-state index in [1.807, 2.05) is 34.1 Å². The van der Waals surface area contributed by atoms with Gasteiger partial charge in [-0.25, -0.2) is 0 Å². The number of amides is 2. The predicted octanol–water partition coefficient (Wildman–Crippen LogP) is 1.32. The molecule has 5 nitrogen and oxygen atoms in total. The van der Waals surface area contributed by atoms with Crippen LogP contribution in [-0.2, 0) is 16.0 Å². The van der Waals surface area contributed by atoms with Gasteiger partial charge in [-0.05, 0) is 30.9 Å². The van der Waals surface area contributed by atoms with E-state index < -0.39 is 0 Å². The molecule has 0 aromatic heterocycles. The molecule has 2 fully saturated rings. The van der Waals surface area contributed by atoms with Crippen LogP contribution in [-0.4, -0.2) is 54.4 Å². The summed E-state index contributed by atoms with van der Waals surface area (Å²) < 4.78 is 5.74. The second-order valence-corrected chi connectivity index (χ2v) is 6.74. The average Bonchev–Trinajstić information content (AvgIpc) is 3.45. The van der Waals surface area contributed by atoms with Crippen molar-refractivity contribution in [3.63, 3.8) is 0 Å². The quantitative estimate of drug-likeness (QED) is 0.827. The first-order valence-corrected chi connectivity index (χ1v) is 8.50. The second kappa shape index (κ2) is 5.87. The van der Waals surface area contributed by atoms with Crippen LogP contribution in [0.3, 0.4) is 0 Å². The van der Waals surface area contributed by atoms with E-state index in [4.69, 9.17) is 4.74 Å². The zero-order valence-corrected chi connectivity index (χ0v) is 13.2. The minimum absolute atomic E-state index is 0.101. The number of carbonyl (C=O) groups is 2. The van der Waals surface area contributed by atoms with Crippen molar-refractivity contribution in [2.24, 2.45) is 11.8 Å². The SMILES string of the molecule is O=C(C1CC1)N1CCN(C(=O)C2COc3ccccc3C2)CC1. The molecule has 1 unspecified atom stereocenters. The molecule has 5 heteroatoms. The van der Waals surface area contributed by atoms with Crippen LogP contribution in [0, 0.1) is 11.8 Å². The van der Waals surface area contributed by atoms with Gasteiger partial charge in [0.2, 0.25) is 11.8 Å². The average molecular weight is 314 g/mol. The van der Waals surface area contributed by atoms with Gasteiger partial charge in [-0.15, -0.1) is 0 Å². The smallest absolute Gasteiger partial charge is 0.229 e. The molecular formula is C18H22N2O3. The highest BCUT2D eigenvalue weighted by atomic mass is 16.5. The summed E-state index contributed by atoms with van der Waals surface area (Å²) in [7, 11) is 0. The molecule has 1 aromatic rings. The Hall–Kier alpha value is -2.04. The molecule has 1 aromatic carbocycles. The summed E-state index contributed by atoms with van der Waals surface area (Å²) in [5.74, 6) is 1.51. The largest absolute Gasteiger partial charge is 0.492 e. The molecule has 0 N–H and O–H groups in total. The van der Waals surface area contributed by atoms with E-state index in [0.717, 1.165) is 30.6 Å². The van der Waals surface area contributed by atoms with E-state index in [0.29, 0.717) is 32.8 Å². The van der Waals surface area contributed by atoms with Gasteiger partial charge in [-0.3, -0.25) is 9.59 Å². The Morgan fingerprint density at radius 2 is 1.52 bits per heavy atom. The predicted molar refractivity (Wildman–Crippen MR) is 85.0 cm³/mol. The summed E-state index contributed by atoms with van der Waals surface area (Å²) in [6, 6.07) is 7.92. The lowest BCUT2D eigenvalue weighted by Crippen LogP contribution is -2.53. The Balaban J connectivity index is 1.34. The van der Waals surface area contributed by atoms with Crippen molar-refractivity contribution in [1.82, 2.24) is 9.80 Å². The third-order valence-electron chi connectivity index (χ3n) is 5.06. The Morgan fingerprint density at radius 3 is 2.17 bits per heavy atom. The van der Waals surface area contributed by atoms with Crippen LogP contribution in [0.15, 0.2) is 24.3 Å². The van der Waals surface area contributed by atoms with Crippen molar-refractivity contribution in [1.29, 1.82) is 0 Å². The fourth-order valence-electron chi connectivity index (χ4n) is 3.48. The number of ether oxygens (including phenoxy) is 1. The molecule has 1 saturated carbocycles. The van der Waals surface area contributed by atoms with E-state index in [9.17, 15) is 9.59 Å². The van der Waals surface area contributed by atoms with Crippen LogP contribution >= 0.6 is 0 Å². The molecule has 1 atom stereocenters. The van der Waals surface area contributed by atoms with E-state index in [1.54, 1.807) is 0 Å². The summed E-state index contributed by atoms with van der Waals surface area (Å²) in [5.41, 5.74) is 1.11. The lowest BCUT2D eigenvalue weighted by atomic mass is 9.95. The Bertz CT molecular complexity index is 618. The van der Waals surface area contributed by atoms with Crippen LogP contribution in [0.2, 0.25) is 0 Å². The molecule has 122 valence electrons. The molecule has 3 aliphatic rings. The van der Waals surface area contributed by atoms with Crippen molar-refractivity contribution in [2.45, 2.75) is 19.3 Å². The number of hydrogen-bond acceptors (Lipinski definition) is 3. The second-order valence-electron chi connectivity index (χ2n) is 6.74. The number of piperazine rings is 1. The first-order chi connectivity index (χ1) is 11.2. The highest BCUT2D eigenvalue weighted by Crippen LogP contribution is 2.31. The normalized spacial score (nSPS) is 23.9. The molecule has 2 amide bonds. The first kappa shape index (κ1) is 14.5. The van der Waals surface area contributed by atoms with Crippen molar-refractivity contribution < 1.29 is 14.3 Å². The van der Waals surface area contributed by atoms with Crippen molar-refractivity contribution >= 4 is 11.8 Å². The van der Waals surface area contributed by atoms with Gasteiger partial charge in [-0.2, -0.15) is 0 Å². The van der Waals surface area contributed by atoms with Gasteiger partial charge in [-0.1, -0.05) is 18.2 Å². The van der Waals surface area contributed by atoms with E-state index in [1.165, 1.54) is 0 Å². The Morgan fingerprint density at radius 1 is 0.913 bits per heavy atom. The number of fused-ring (bicyclic) bond motifs is 1. The van der Waals surface area contributed by atoms with Gasteiger partial charge < -0.3 is 14.5 Å². The maximum Gasteiger partial charge on any atom is 0.229 e. The molecule has 1 aliphatic carbocycles. The van der Waals surface area contributed by atoms with Gasteiger partial charge in [0.25, 0.3) is 0 Å². The molecule has 0 bridgehead atoms. The van der Waals surface area contributed by atoms with Gasteiger partial charge in [0.15, 0.2) is 0 Å². The maximum absolute atomic E-state index is 12.7. The third-order valence-corrected chi connectivity index (χ3v) is 5.06. The lowest BCUT2D eigenvalue weighted by Gasteiger charge is -2.37. The summed E-state index contributed by atoms with van der Waals surface area (Å²) in [5, 5.41) is 0. The Labute approximate surface area is 136 Å². The minimum Gasteiger partial charge on any atom is -0.492 e. The number of rotatable bonds is 2. The van der Waals surface area contributed by atoms with Crippen LogP contribution < -0.4 is 4.74 Å². The summed E-state index contributed by atoms with van der Waals surface area (Å²) in [4.78, 5) is 28.6. The van der Waals surface area contributed by atoms with Crippen LogP contribution in [0.4, 0.5) is 0 Å². The molecule has 23 heavy (non-hydrogen) atoms. The molecule has 4 rings (SSSR count). The highest BCUT2D eigenvalue weighted by Gasteiger charge is 2.36. The molecule has 2 heterocycles. The molecule has 2 aliphatic heterocycles. The fraction of sp³-hybridized carbons (Fsp3) is 0.556. The van der Waals surface area contributed by atoms with Gasteiger partial charge in [0, 0.05) is 32.1 Å². The molecule has 0 radical (unpaired) electrons. The monoisotopic (exact) mass is 314 g/mol. The molecular weight excluding hydrogens is 292 g/mol. The van der Waals surface area contributed by atoms with Gasteiger partial charge in [0.1, 0.15) is 12.4 Å². The van der Waals surface area contributed by atoms with Gasteiger partial charge in [0.05, 0.1) is 5.92 Å². The third kappa shape index (κ3) is 2.92. The summed E-state index contributed by atoms with van der Waals surface area (Å²) in [6.45, 7) is 3.10. The van der Waals surface area contributed by atoms with Crippen LogP contribution in [0.1, 0.15) is 18.4 Å². The topological polar surface area (TPSA) is 49.9 Å². The number of carbonyl (C=O) groups excluding carboxylic acids is 2. The Kier molecular flexibility index (Phi) is 3.71. The number of para-hydroxylation sites is 1. The van der Waals surface area contributed by atoms with Gasteiger partial charge >= 0.3 is 0 Å². The number of benzene rings is 1. The number of hydrogen-bond donors (Lipinski definition) is 0. The minimum atomic E-state index is -0.101. The molecule has 1 saturated heterocycles. The lowest BCUT2D eigenvalue weighted by molar-refractivity contribution is -0.143. The first-order valence-electron chi connectivity index (χ1n) is 8.50. The summed E-state index contributed by atoms with van der Waals surface area (Å²) in [6.07, 6.45) is 2.82. The standard InChI is InChI=1S/C18H22N2O3/c21-17(13-5-6-13)19-7-9-20(10-8-19)18(22)15-11-14-3-1-2-4-16(14)23-12-15/h1-4,13,15H,5-12H2. The summed E-state index contributed by atoms with van der Waals surface area (Å²) >= 11 is 0. The number of nitrogens with zero attached hydrogens (tertiary/aromatic N) is 2. The zero-order valence-electron chi connectivity index (χ0n) is 13.2. The van der Waals surface area contributed by atoms with E-state index in [-0.39, 0.29) is 23.7 Å². The highest BCUT2D eigenvalue weighted by molar-refractivity contribution is 5.82. The van der Waals surface area contributed by atoms with Crippen LogP contribution in [0.5, 0.6) is 5.75 Å². The molecule has 0 spiro atoms. The fourth-order valence-corrected chi connectivity index (χ4v) is 3.48. The van der Waals surface area contributed by atoms with E-state index >= 15 is 0 Å². The van der Waals surface area contributed by atoms with Crippen molar-refractivity contribution in [3.05, 3.63) is 29.8 Å². The van der Waals surface area contributed by atoms with Crippen LogP contribution in [0.25, 0.3) is 0 Å². The van der Waals surface area contributed by atoms with E-state index in [2.05, 4.69) is 0 Å². The van der Waals surface area contributed by atoms with Crippen molar-refractivity contribution in [2.75, 3.05) is 32.8 Å². The zero-order chi connectivity index (χ0) is 15.8. The maximum atomic E-state index is 12.7. The van der Waals surface area contributed by atoms with Crippen molar-refractivity contribution in [3.8, 4) is 5.75 Å².